The van der Waals surface area contributed by atoms with Crippen molar-refractivity contribution < 1.29 is 9.53 Å². The number of carbonyl (C=O) groups excluding carboxylic acids is 1. The van der Waals surface area contributed by atoms with Gasteiger partial charge in [-0.3, -0.25) is 4.57 Å². The Morgan fingerprint density at radius 2 is 1.69 bits per heavy atom. The van der Waals surface area contributed by atoms with Crippen molar-refractivity contribution in [3.63, 3.8) is 0 Å². The molecule has 2 aromatic carbocycles. The van der Waals surface area contributed by atoms with Gasteiger partial charge < -0.3 is 4.74 Å². The Morgan fingerprint density at radius 1 is 1.00 bits per heavy atom. The van der Waals surface area contributed by atoms with E-state index in [0.717, 1.165) is 28.5 Å². The van der Waals surface area contributed by atoms with Crippen molar-refractivity contribution in [3.05, 3.63) is 65.2 Å². The largest absolute Gasteiger partial charge is 0.465 e. The molecule has 0 atom stereocenters. The molecule has 5 heteroatoms. The van der Waals surface area contributed by atoms with Crippen molar-refractivity contribution in [2.45, 2.75) is 33.6 Å². The Morgan fingerprint density at radius 3 is 2.31 bits per heavy atom. The second-order valence-corrected chi connectivity index (χ2v) is 6.72. The van der Waals surface area contributed by atoms with Crippen LogP contribution in [0.4, 0.5) is 0 Å². The van der Waals surface area contributed by atoms with Crippen molar-refractivity contribution >= 4 is 5.97 Å². The first-order valence-electron chi connectivity index (χ1n) is 8.63. The number of carbonyl (C=O) groups is 1. The molecule has 0 aliphatic heterocycles. The lowest BCUT2D eigenvalue weighted by Gasteiger charge is -2.14. The lowest BCUT2D eigenvalue weighted by Crippen LogP contribution is -2.08. The zero-order valence-corrected chi connectivity index (χ0v) is 15.8. The first-order chi connectivity index (χ1) is 12.4. The maximum absolute atomic E-state index is 12.2. The fraction of sp³-hybridized carbons (Fsp3) is 0.286. The van der Waals surface area contributed by atoms with Gasteiger partial charge in [-0.25, -0.2) is 4.79 Å². The first kappa shape index (κ1) is 17.9. The molecule has 0 aliphatic rings. The molecular formula is C21H23N3O2. The average molecular weight is 349 g/mol. The van der Waals surface area contributed by atoms with Gasteiger partial charge in [0.05, 0.1) is 18.4 Å². The number of hydrogen-bond acceptors (Lipinski definition) is 4. The van der Waals surface area contributed by atoms with E-state index in [1.54, 1.807) is 0 Å². The monoisotopic (exact) mass is 349 g/mol. The Hall–Kier alpha value is -2.95. The molecule has 0 spiro atoms. The van der Waals surface area contributed by atoms with Crippen LogP contribution >= 0.6 is 0 Å². The van der Waals surface area contributed by atoms with Crippen LogP contribution in [0.3, 0.4) is 0 Å². The highest BCUT2D eigenvalue weighted by Gasteiger charge is 2.17. The number of hydrogen-bond donors (Lipinski definition) is 0. The summed E-state index contributed by atoms with van der Waals surface area (Å²) in [6.45, 7) is 8.11. The third kappa shape index (κ3) is 3.38. The molecule has 0 saturated heterocycles. The molecule has 3 aromatic rings. The minimum absolute atomic E-state index is 0.209. The van der Waals surface area contributed by atoms with Crippen LogP contribution in [0.25, 0.3) is 16.8 Å². The lowest BCUT2D eigenvalue weighted by molar-refractivity contribution is 0.0600. The molecule has 0 amide bonds. The average Bonchev–Trinajstić information content (AvgIpc) is 3.03. The number of ether oxygens (including phenoxy) is 1. The maximum Gasteiger partial charge on any atom is 0.337 e. The second kappa shape index (κ2) is 7.12. The van der Waals surface area contributed by atoms with Crippen molar-refractivity contribution in [1.29, 1.82) is 0 Å². The predicted molar refractivity (Wildman–Crippen MR) is 102 cm³/mol. The Labute approximate surface area is 153 Å². The highest BCUT2D eigenvalue weighted by atomic mass is 16.5. The van der Waals surface area contributed by atoms with Gasteiger partial charge in [0, 0.05) is 5.92 Å². The van der Waals surface area contributed by atoms with E-state index < -0.39 is 0 Å². The Balaban J connectivity index is 2.23. The molecule has 3 rings (SSSR count). The zero-order chi connectivity index (χ0) is 18.8. The molecule has 0 fully saturated rings. The maximum atomic E-state index is 12.2. The van der Waals surface area contributed by atoms with E-state index in [0.29, 0.717) is 5.56 Å². The van der Waals surface area contributed by atoms with E-state index in [1.807, 2.05) is 23.6 Å². The van der Waals surface area contributed by atoms with Crippen molar-refractivity contribution in [1.82, 2.24) is 14.8 Å². The molecule has 1 aromatic heterocycles. The molecule has 0 unspecified atom stereocenters. The predicted octanol–water partition coefficient (Wildman–Crippen LogP) is 4.46. The topological polar surface area (TPSA) is 57.0 Å². The van der Waals surface area contributed by atoms with Crippen molar-refractivity contribution in [3.8, 4) is 16.8 Å². The van der Waals surface area contributed by atoms with Gasteiger partial charge in [0.25, 0.3) is 0 Å². The van der Waals surface area contributed by atoms with Crippen LogP contribution in [-0.4, -0.2) is 27.8 Å². The van der Waals surface area contributed by atoms with Crippen molar-refractivity contribution in [2.24, 2.45) is 0 Å². The van der Waals surface area contributed by atoms with E-state index in [1.165, 1.54) is 12.7 Å². The molecule has 1 heterocycles. The van der Waals surface area contributed by atoms with Crippen LogP contribution in [0.1, 0.15) is 47.3 Å². The van der Waals surface area contributed by atoms with Crippen LogP contribution in [0, 0.1) is 13.8 Å². The summed E-state index contributed by atoms with van der Waals surface area (Å²) in [5, 5.41) is 8.52. The summed E-state index contributed by atoms with van der Waals surface area (Å²) in [7, 11) is 1.39. The minimum atomic E-state index is -0.364. The Kier molecular flexibility index (Phi) is 4.89. The number of rotatable bonds is 4. The van der Waals surface area contributed by atoms with Crippen LogP contribution in [0.5, 0.6) is 0 Å². The summed E-state index contributed by atoms with van der Waals surface area (Å²) >= 11 is 0. The van der Waals surface area contributed by atoms with Gasteiger partial charge in [0.2, 0.25) is 0 Å². The number of nitrogens with zero attached hydrogens (tertiary/aromatic N) is 3. The molecule has 0 N–H and O–H groups in total. The van der Waals surface area contributed by atoms with E-state index in [-0.39, 0.29) is 11.9 Å². The molecule has 0 saturated carbocycles. The summed E-state index contributed by atoms with van der Waals surface area (Å²) in [6, 6.07) is 14.0. The molecule has 0 aliphatic carbocycles. The van der Waals surface area contributed by atoms with Gasteiger partial charge in [0.1, 0.15) is 11.6 Å². The van der Waals surface area contributed by atoms with Gasteiger partial charge in [-0.15, -0.1) is 10.2 Å². The first-order valence-corrected chi connectivity index (χ1v) is 8.63. The highest BCUT2D eigenvalue weighted by Crippen LogP contribution is 2.27. The molecule has 26 heavy (non-hydrogen) atoms. The van der Waals surface area contributed by atoms with Gasteiger partial charge in [-0.1, -0.05) is 43.7 Å². The van der Waals surface area contributed by atoms with E-state index in [2.05, 4.69) is 61.3 Å². The highest BCUT2D eigenvalue weighted by molar-refractivity contribution is 5.92. The third-order valence-electron chi connectivity index (χ3n) is 4.35. The van der Waals surface area contributed by atoms with Crippen LogP contribution in [0.2, 0.25) is 0 Å². The zero-order valence-electron chi connectivity index (χ0n) is 15.8. The number of benzene rings is 2. The molecule has 0 radical (unpaired) electrons. The Bertz CT molecular complexity index is 940. The van der Waals surface area contributed by atoms with E-state index >= 15 is 0 Å². The van der Waals surface area contributed by atoms with Gasteiger partial charge in [0.15, 0.2) is 0 Å². The number of esters is 1. The summed E-state index contributed by atoms with van der Waals surface area (Å²) in [6.07, 6.45) is 0. The van der Waals surface area contributed by atoms with Gasteiger partial charge in [-0.05, 0) is 43.2 Å². The van der Waals surface area contributed by atoms with Crippen LogP contribution < -0.4 is 0 Å². The van der Waals surface area contributed by atoms with E-state index in [9.17, 15) is 4.79 Å². The molecular weight excluding hydrogens is 326 g/mol. The summed E-state index contributed by atoms with van der Waals surface area (Å²) in [5.41, 5.74) is 4.54. The molecule has 5 nitrogen and oxygen atoms in total. The van der Waals surface area contributed by atoms with Crippen LogP contribution in [0.15, 0.2) is 42.5 Å². The summed E-state index contributed by atoms with van der Waals surface area (Å²) in [5.74, 6) is 1.49. The minimum Gasteiger partial charge on any atom is -0.465 e. The second-order valence-electron chi connectivity index (χ2n) is 6.72. The summed E-state index contributed by atoms with van der Waals surface area (Å²) in [4.78, 5) is 12.2. The normalized spacial score (nSPS) is 11.0. The van der Waals surface area contributed by atoms with Gasteiger partial charge in [-0.2, -0.15) is 0 Å². The van der Waals surface area contributed by atoms with E-state index in [4.69, 9.17) is 4.74 Å². The third-order valence-corrected chi connectivity index (χ3v) is 4.35. The molecule has 134 valence electrons. The number of aromatic nitrogens is 3. The fourth-order valence-electron chi connectivity index (χ4n) is 2.96. The lowest BCUT2D eigenvalue weighted by atomic mass is 10.0. The fourth-order valence-corrected chi connectivity index (χ4v) is 2.96. The SMILES string of the molecule is COC(=O)c1cc(-c2ccc(C)cc2)cc(-n2c(C)nnc2C(C)C)c1. The summed E-state index contributed by atoms with van der Waals surface area (Å²) < 4.78 is 6.94. The quantitative estimate of drug-likeness (QED) is 0.653. The molecule has 0 bridgehead atoms. The number of aryl methyl sites for hydroxylation is 2. The smallest absolute Gasteiger partial charge is 0.337 e. The standard InChI is InChI=1S/C21H23N3O2/c1-13(2)20-23-22-15(4)24(20)19-11-17(10-18(12-19)21(25)26-5)16-8-6-14(3)7-9-16/h6-13H,1-5H3. The van der Waals surface area contributed by atoms with Crippen molar-refractivity contribution in [2.75, 3.05) is 7.11 Å². The number of methoxy groups -OCH3 is 1. The van der Waals surface area contributed by atoms with Gasteiger partial charge >= 0.3 is 5.97 Å². The van der Waals surface area contributed by atoms with Crippen LogP contribution in [-0.2, 0) is 4.74 Å².